The maximum absolute atomic E-state index is 9.66. The van der Waals surface area contributed by atoms with Crippen LogP contribution >= 0.6 is 0 Å². The summed E-state index contributed by atoms with van der Waals surface area (Å²) in [5, 5.41) is 9.66. The molecule has 0 aromatic carbocycles. The average Bonchev–Trinajstić information content (AvgIpc) is 3.32. The highest BCUT2D eigenvalue weighted by molar-refractivity contribution is 5.58. The summed E-state index contributed by atoms with van der Waals surface area (Å²) < 4.78 is 17.1. The van der Waals surface area contributed by atoms with Gasteiger partial charge in [0.05, 0.1) is 18.4 Å². The van der Waals surface area contributed by atoms with Gasteiger partial charge in [-0.05, 0) is 67.2 Å². The fourth-order valence-electron chi connectivity index (χ4n) is 3.70. The quantitative estimate of drug-likeness (QED) is 0.827. The van der Waals surface area contributed by atoms with E-state index in [0.29, 0.717) is 5.57 Å². The lowest BCUT2D eigenvalue weighted by atomic mass is 9.81. The molecule has 2 aliphatic rings. The molecular formula is C21H20N2O3. The molecule has 0 amide bonds. The van der Waals surface area contributed by atoms with Crippen LogP contribution in [0.1, 0.15) is 49.5 Å². The Labute approximate surface area is 152 Å². The Kier molecular flexibility index (Phi) is 4.40. The first-order chi connectivity index (χ1) is 12.8. The molecular weight excluding hydrogens is 328 g/mol. The number of allylic oxidation sites excluding steroid dienone is 3. The maximum Gasteiger partial charge on any atom is 0.205 e. The van der Waals surface area contributed by atoms with E-state index < -0.39 is 0 Å². The fraction of sp³-hybridized carbons (Fsp3) is 0.286. The summed E-state index contributed by atoms with van der Waals surface area (Å²) in [4.78, 5) is 0. The Balaban J connectivity index is 1.87. The van der Waals surface area contributed by atoms with Crippen LogP contribution in [0.3, 0.4) is 0 Å². The first-order valence-corrected chi connectivity index (χ1v) is 8.86. The molecule has 5 heteroatoms. The summed E-state index contributed by atoms with van der Waals surface area (Å²) in [5.41, 5.74) is 8.65. The van der Waals surface area contributed by atoms with Gasteiger partial charge in [0.1, 0.15) is 28.9 Å². The number of hydrogen-bond donors (Lipinski definition) is 1. The first-order valence-electron chi connectivity index (χ1n) is 8.86. The lowest BCUT2D eigenvalue weighted by Crippen LogP contribution is -2.22. The predicted octanol–water partition coefficient (Wildman–Crippen LogP) is 4.98. The summed E-state index contributed by atoms with van der Waals surface area (Å²) >= 11 is 0. The van der Waals surface area contributed by atoms with Crippen molar-refractivity contribution in [2.45, 2.75) is 38.0 Å². The van der Waals surface area contributed by atoms with Crippen LogP contribution in [0.2, 0.25) is 0 Å². The molecule has 0 saturated heterocycles. The van der Waals surface area contributed by atoms with E-state index in [1.807, 2.05) is 30.3 Å². The van der Waals surface area contributed by atoms with Gasteiger partial charge in [0.2, 0.25) is 5.88 Å². The topological polar surface area (TPSA) is 85.3 Å². The van der Waals surface area contributed by atoms with Crippen LogP contribution in [0.4, 0.5) is 0 Å². The van der Waals surface area contributed by atoms with Gasteiger partial charge >= 0.3 is 0 Å². The molecule has 1 unspecified atom stereocenters. The molecule has 0 spiro atoms. The third kappa shape index (κ3) is 2.95. The van der Waals surface area contributed by atoms with Crippen LogP contribution in [-0.2, 0) is 4.74 Å². The Hall–Kier alpha value is -3.13. The van der Waals surface area contributed by atoms with Gasteiger partial charge in [-0.1, -0.05) is 6.42 Å². The number of hydrogen-bond acceptors (Lipinski definition) is 5. The van der Waals surface area contributed by atoms with Crippen LogP contribution in [0.25, 0.3) is 6.08 Å². The standard InChI is InChI=1S/C21H20N2O3/c22-13-17-19(18-9-5-11-25-18)16-8-3-1-2-6-14(20(16)26-21(17)23)12-15-7-4-10-24-15/h4-5,7,9-12,19H,1-3,6,8,23H2/b14-12+. The minimum atomic E-state index is -0.295. The third-order valence-corrected chi connectivity index (χ3v) is 4.90. The van der Waals surface area contributed by atoms with E-state index in [4.69, 9.17) is 19.3 Å². The van der Waals surface area contributed by atoms with Crippen molar-refractivity contribution < 1.29 is 13.6 Å². The SMILES string of the molecule is N#CC1=C(N)OC2=C(CCCCC/C2=C\c2ccco2)C1c1ccco1. The highest BCUT2D eigenvalue weighted by atomic mass is 16.5. The van der Waals surface area contributed by atoms with Gasteiger partial charge in [-0.2, -0.15) is 5.26 Å². The van der Waals surface area contributed by atoms with E-state index in [1.54, 1.807) is 12.5 Å². The van der Waals surface area contributed by atoms with Crippen molar-refractivity contribution in [3.63, 3.8) is 0 Å². The normalized spacial score (nSPS) is 22.4. The predicted molar refractivity (Wildman–Crippen MR) is 96.2 cm³/mol. The molecule has 1 aliphatic heterocycles. The van der Waals surface area contributed by atoms with Gasteiger partial charge in [0, 0.05) is 0 Å². The van der Waals surface area contributed by atoms with Gasteiger partial charge in [-0.25, -0.2) is 0 Å². The number of rotatable bonds is 2. The second-order valence-corrected chi connectivity index (χ2v) is 6.54. The zero-order chi connectivity index (χ0) is 17.9. The van der Waals surface area contributed by atoms with Crippen LogP contribution in [0, 0.1) is 11.3 Å². The summed E-state index contributed by atoms with van der Waals surface area (Å²) in [6.45, 7) is 0. The van der Waals surface area contributed by atoms with Crippen molar-refractivity contribution in [1.82, 2.24) is 0 Å². The van der Waals surface area contributed by atoms with E-state index in [0.717, 1.165) is 60.5 Å². The highest BCUT2D eigenvalue weighted by Crippen LogP contribution is 2.45. The molecule has 0 radical (unpaired) electrons. The maximum atomic E-state index is 9.66. The smallest absolute Gasteiger partial charge is 0.205 e. The van der Waals surface area contributed by atoms with Crippen molar-refractivity contribution in [3.8, 4) is 6.07 Å². The van der Waals surface area contributed by atoms with E-state index in [1.165, 1.54) is 0 Å². The molecule has 26 heavy (non-hydrogen) atoms. The zero-order valence-electron chi connectivity index (χ0n) is 14.4. The highest BCUT2D eigenvalue weighted by Gasteiger charge is 2.35. The molecule has 0 fully saturated rings. The van der Waals surface area contributed by atoms with E-state index in [-0.39, 0.29) is 11.8 Å². The van der Waals surface area contributed by atoms with E-state index in [2.05, 4.69) is 6.07 Å². The Morgan fingerprint density at radius 2 is 1.88 bits per heavy atom. The molecule has 2 aromatic heterocycles. The van der Waals surface area contributed by atoms with E-state index in [9.17, 15) is 5.26 Å². The molecule has 2 N–H and O–H groups in total. The monoisotopic (exact) mass is 348 g/mol. The summed E-state index contributed by atoms with van der Waals surface area (Å²) in [7, 11) is 0. The van der Waals surface area contributed by atoms with Crippen LogP contribution in [0.5, 0.6) is 0 Å². The van der Waals surface area contributed by atoms with Crippen LogP contribution in [-0.4, -0.2) is 0 Å². The number of furan rings is 2. The van der Waals surface area contributed by atoms with Crippen molar-refractivity contribution in [2.75, 3.05) is 0 Å². The minimum Gasteiger partial charge on any atom is -0.468 e. The lowest BCUT2D eigenvalue weighted by Gasteiger charge is -2.30. The lowest BCUT2D eigenvalue weighted by molar-refractivity contribution is 0.276. The summed E-state index contributed by atoms with van der Waals surface area (Å²) in [6, 6.07) is 9.72. The molecule has 5 nitrogen and oxygen atoms in total. The molecule has 1 atom stereocenters. The fourth-order valence-corrected chi connectivity index (χ4v) is 3.70. The second kappa shape index (κ2) is 7.01. The molecule has 4 rings (SSSR count). The number of nitriles is 1. The van der Waals surface area contributed by atoms with Gasteiger partial charge in [0.15, 0.2) is 0 Å². The molecule has 132 valence electrons. The van der Waals surface area contributed by atoms with E-state index >= 15 is 0 Å². The summed E-state index contributed by atoms with van der Waals surface area (Å²) in [6.07, 6.45) is 10.2. The van der Waals surface area contributed by atoms with Gasteiger partial charge in [-0.15, -0.1) is 0 Å². The van der Waals surface area contributed by atoms with Crippen LogP contribution in [0.15, 0.2) is 74.0 Å². The van der Waals surface area contributed by atoms with Crippen molar-refractivity contribution >= 4 is 6.08 Å². The van der Waals surface area contributed by atoms with Gasteiger partial charge in [-0.3, -0.25) is 0 Å². The number of nitrogens with two attached hydrogens (primary N) is 1. The summed E-state index contributed by atoms with van der Waals surface area (Å²) in [5.74, 6) is 2.12. The Morgan fingerprint density at radius 3 is 2.62 bits per heavy atom. The zero-order valence-corrected chi connectivity index (χ0v) is 14.4. The largest absolute Gasteiger partial charge is 0.468 e. The Morgan fingerprint density at radius 1 is 1.08 bits per heavy atom. The van der Waals surface area contributed by atoms with Crippen molar-refractivity contribution in [1.29, 1.82) is 5.26 Å². The first kappa shape index (κ1) is 16.3. The molecule has 3 heterocycles. The van der Waals surface area contributed by atoms with Gasteiger partial charge in [0.25, 0.3) is 0 Å². The average molecular weight is 348 g/mol. The molecule has 0 bridgehead atoms. The third-order valence-electron chi connectivity index (χ3n) is 4.90. The second-order valence-electron chi connectivity index (χ2n) is 6.54. The van der Waals surface area contributed by atoms with Crippen molar-refractivity contribution in [3.05, 3.63) is 76.7 Å². The molecule has 0 saturated carbocycles. The number of ether oxygens (including phenoxy) is 1. The minimum absolute atomic E-state index is 0.151. The molecule has 1 aliphatic carbocycles. The van der Waals surface area contributed by atoms with Crippen molar-refractivity contribution in [2.24, 2.45) is 5.73 Å². The van der Waals surface area contributed by atoms with Gasteiger partial charge < -0.3 is 19.3 Å². The van der Waals surface area contributed by atoms with Crippen LogP contribution < -0.4 is 5.73 Å². The number of nitrogens with zero attached hydrogens (tertiary/aromatic N) is 1. The Bertz CT molecular complexity index is 909. The molecule has 2 aromatic rings.